The standard InChI is InChI=1S/C34H51N7O4Si/c1-34(2,3)45-33(43)38-30-21-26(13-16-35-30)28-23-41(24-44-19-20-46(6,7)8)31(36-28)32(42)37-27-11-9-10-12-29(27)40-17-14-25(15-18-40)22-39(4)5/h9-13,16,21,23,25H,14-15,17-20,22,24H2,1-8H3,(H,37,42)(H,35,38,43). The van der Waals surface area contributed by atoms with E-state index in [0.29, 0.717) is 29.6 Å². The van der Waals surface area contributed by atoms with Crippen LogP contribution in [0.1, 0.15) is 44.2 Å². The van der Waals surface area contributed by atoms with Crippen LogP contribution in [0.25, 0.3) is 11.3 Å². The van der Waals surface area contributed by atoms with E-state index in [9.17, 15) is 9.59 Å². The zero-order valence-electron chi connectivity index (χ0n) is 28.7. The normalized spacial score (nSPS) is 14.4. The number of aromatic nitrogens is 3. The van der Waals surface area contributed by atoms with Gasteiger partial charge >= 0.3 is 6.09 Å². The third kappa shape index (κ3) is 10.7. The minimum Gasteiger partial charge on any atom is -0.444 e. The lowest BCUT2D eigenvalue weighted by Crippen LogP contribution is -2.37. The van der Waals surface area contributed by atoms with E-state index in [1.807, 2.05) is 18.2 Å². The molecule has 0 spiro atoms. The second-order valence-electron chi connectivity index (χ2n) is 14.5. The average molecular weight is 650 g/mol. The second kappa shape index (κ2) is 15.2. The van der Waals surface area contributed by atoms with Crippen molar-refractivity contribution in [2.45, 2.75) is 71.6 Å². The highest BCUT2D eigenvalue weighted by Crippen LogP contribution is 2.31. The molecule has 1 saturated heterocycles. The third-order valence-corrected chi connectivity index (χ3v) is 9.33. The Morgan fingerprint density at radius 3 is 2.46 bits per heavy atom. The van der Waals surface area contributed by atoms with Crippen molar-refractivity contribution in [3.63, 3.8) is 0 Å². The van der Waals surface area contributed by atoms with E-state index in [1.54, 1.807) is 49.9 Å². The highest BCUT2D eigenvalue weighted by Gasteiger charge is 2.24. The van der Waals surface area contributed by atoms with Crippen molar-refractivity contribution in [3.05, 3.63) is 54.6 Å². The number of imidazole rings is 1. The molecule has 250 valence electrons. The number of para-hydroxylation sites is 2. The first-order valence-electron chi connectivity index (χ1n) is 16.1. The van der Waals surface area contributed by atoms with Gasteiger partial charge in [0.05, 0.1) is 17.1 Å². The fourth-order valence-electron chi connectivity index (χ4n) is 5.35. The molecule has 0 bridgehead atoms. The number of nitrogens with one attached hydrogen (secondary N) is 2. The maximum absolute atomic E-state index is 13.9. The maximum atomic E-state index is 13.9. The van der Waals surface area contributed by atoms with Gasteiger partial charge in [-0.15, -0.1) is 0 Å². The van der Waals surface area contributed by atoms with Gasteiger partial charge in [0.15, 0.2) is 0 Å². The van der Waals surface area contributed by atoms with Gasteiger partial charge in [-0.05, 0) is 83.9 Å². The van der Waals surface area contributed by atoms with Crippen LogP contribution in [0.15, 0.2) is 48.8 Å². The molecule has 11 nitrogen and oxygen atoms in total. The molecule has 0 radical (unpaired) electrons. The Labute approximate surface area is 274 Å². The number of anilines is 3. The summed E-state index contributed by atoms with van der Waals surface area (Å²) >= 11 is 0. The molecule has 0 saturated carbocycles. The molecule has 2 amide bonds. The van der Waals surface area contributed by atoms with Crippen LogP contribution in [0.4, 0.5) is 22.0 Å². The maximum Gasteiger partial charge on any atom is 0.413 e. The van der Waals surface area contributed by atoms with Crippen molar-refractivity contribution >= 4 is 37.3 Å². The van der Waals surface area contributed by atoms with Crippen molar-refractivity contribution < 1.29 is 19.1 Å². The summed E-state index contributed by atoms with van der Waals surface area (Å²) in [4.78, 5) is 39.8. The summed E-state index contributed by atoms with van der Waals surface area (Å²) in [6, 6.07) is 12.5. The second-order valence-corrected chi connectivity index (χ2v) is 20.1. The van der Waals surface area contributed by atoms with E-state index in [2.05, 4.69) is 65.2 Å². The number of piperidine rings is 1. The first-order valence-corrected chi connectivity index (χ1v) is 19.8. The molecular weight excluding hydrogens is 599 g/mol. The van der Waals surface area contributed by atoms with Crippen molar-refractivity contribution in [2.24, 2.45) is 5.92 Å². The summed E-state index contributed by atoms with van der Waals surface area (Å²) in [7, 11) is 2.96. The first-order chi connectivity index (χ1) is 21.7. The van der Waals surface area contributed by atoms with E-state index in [1.165, 1.54) is 0 Å². The zero-order valence-corrected chi connectivity index (χ0v) is 29.7. The number of benzene rings is 1. The fraction of sp³-hybridized carbons (Fsp3) is 0.529. The summed E-state index contributed by atoms with van der Waals surface area (Å²) in [6.07, 6.45) is 5.01. The summed E-state index contributed by atoms with van der Waals surface area (Å²) in [5, 5.41) is 5.82. The number of carbonyl (C=O) groups excluding carboxylic acids is 2. The number of carbonyl (C=O) groups is 2. The molecule has 0 aliphatic carbocycles. The van der Waals surface area contributed by atoms with Gasteiger partial charge in [-0.3, -0.25) is 10.1 Å². The van der Waals surface area contributed by atoms with Gasteiger partial charge in [0, 0.05) is 52.3 Å². The molecule has 1 aliphatic rings. The van der Waals surface area contributed by atoms with E-state index >= 15 is 0 Å². The topological polar surface area (TPSA) is 114 Å². The predicted octanol–water partition coefficient (Wildman–Crippen LogP) is 6.63. The third-order valence-electron chi connectivity index (χ3n) is 7.62. The molecule has 12 heteroatoms. The number of amides is 2. The van der Waals surface area contributed by atoms with Crippen LogP contribution < -0.4 is 15.5 Å². The molecule has 46 heavy (non-hydrogen) atoms. The number of nitrogens with zero attached hydrogens (tertiary/aromatic N) is 5. The molecule has 0 unspecified atom stereocenters. The van der Waals surface area contributed by atoms with Crippen LogP contribution in [0.3, 0.4) is 0 Å². The number of pyridine rings is 1. The molecule has 3 aromatic rings. The van der Waals surface area contributed by atoms with Crippen LogP contribution in [0.5, 0.6) is 0 Å². The van der Waals surface area contributed by atoms with Gasteiger partial charge in [0.25, 0.3) is 5.91 Å². The number of ether oxygens (including phenoxy) is 2. The van der Waals surface area contributed by atoms with Crippen LogP contribution in [-0.4, -0.2) is 85.4 Å². The smallest absolute Gasteiger partial charge is 0.413 e. The van der Waals surface area contributed by atoms with Crippen LogP contribution in [-0.2, 0) is 16.2 Å². The summed E-state index contributed by atoms with van der Waals surface area (Å²) in [6.45, 7) is 16.1. The van der Waals surface area contributed by atoms with Gasteiger partial charge in [-0.2, -0.15) is 0 Å². The predicted molar refractivity (Wildman–Crippen MR) is 187 cm³/mol. The van der Waals surface area contributed by atoms with E-state index < -0.39 is 19.8 Å². The summed E-state index contributed by atoms with van der Waals surface area (Å²) in [5.74, 6) is 0.909. The lowest BCUT2D eigenvalue weighted by Gasteiger charge is -2.35. The molecule has 2 N–H and O–H groups in total. The van der Waals surface area contributed by atoms with Crippen LogP contribution >= 0.6 is 0 Å². The highest BCUT2D eigenvalue weighted by molar-refractivity contribution is 6.76. The summed E-state index contributed by atoms with van der Waals surface area (Å²) in [5.41, 5.74) is 2.37. The van der Waals surface area contributed by atoms with Gasteiger partial charge < -0.3 is 29.2 Å². The first kappa shape index (κ1) is 35.1. The fourth-order valence-corrected chi connectivity index (χ4v) is 6.11. The van der Waals surface area contributed by atoms with E-state index in [4.69, 9.17) is 14.5 Å². The molecule has 0 atom stereocenters. The van der Waals surface area contributed by atoms with E-state index in [0.717, 1.165) is 49.9 Å². The molecule has 1 aliphatic heterocycles. The monoisotopic (exact) mass is 649 g/mol. The Hall–Kier alpha value is -3.74. The molecule has 3 heterocycles. The molecule has 1 fully saturated rings. The van der Waals surface area contributed by atoms with Crippen molar-refractivity contribution in [1.82, 2.24) is 19.4 Å². The Morgan fingerprint density at radius 1 is 1.07 bits per heavy atom. The zero-order chi connectivity index (χ0) is 33.5. The van der Waals surface area contributed by atoms with Crippen molar-refractivity contribution in [2.75, 3.05) is 55.9 Å². The Kier molecular flexibility index (Phi) is 11.6. The Morgan fingerprint density at radius 2 is 1.78 bits per heavy atom. The lowest BCUT2D eigenvalue weighted by molar-refractivity contribution is 0.0635. The van der Waals surface area contributed by atoms with E-state index in [-0.39, 0.29) is 18.5 Å². The summed E-state index contributed by atoms with van der Waals surface area (Å²) < 4.78 is 13.2. The highest BCUT2D eigenvalue weighted by atomic mass is 28.3. The van der Waals surface area contributed by atoms with Gasteiger partial charge in [-0.25, -0.2) is 14.8 Å². The van der Waals surface area contributed by atoms with Gasteiger partial charge in [0.1, 0.15) is 18.1 Å². The molecular formula is C34H51N7O4Si. The Bertz CT molecular complexity index is 1470. The number of rotatable bonds is 12. The van der Waals surface area contributed by atoms with Gasteiger partial charge in [-0.1, -0.05) is 31.8 Å². The van der Waals surface area contributed by atoms with Crippen molar-refractivity contribution in [1.29, 1.82) is 0 Å². The van der Waals surface area contributed by atoms with Gasteiger partial charge in [0.2, 0.25) is 5.82 Å². The Balaban J connectivity index is 1.55. The SMILES string of the molecule is CN(C)CC1CCN(c2ccccc2NC(=O)c2nc(-c3ccnc(NC(=O)OC(C)(C)C)c3)cn2COCC[Si](C)(C)C)CC1. The quantitative estimate of drug-likeness (QED) is 0.166. The lowest BCUT2D eigenvalue weighted by atomic mass is 9.96. The van der Waals surface area contributed by atoms with Crippen molar-refractivity contribution in [3.8, 4) is 11.3 Å². The average Bonchev–Trinajstić information content (AvgIpc) is 3.39. The minimum atomic E-state index is -1.29. The largest absolute Gasteiger partial charge is 0.444 e. The van der Waals surface area contributed by atoms with Crippen LogP contribution in [0.2, 0.25) is 25.7 Å². The molecule has 2 aromatic heterocycles. The molecule has 1 aromatic carbocycles. The number of hydrogen-bond acceptors (Lipinski definition) is 8. The minimum absolute atomic E-state index is 0.190. The number of hydrogen-bond donors (Lipinski definition) is 2. The molecule has 4 rings (SSSR count). The van der Waals surface area contributed by atoms with Crippen LogP contribution in [0, 0.1) is 5.92 Å².